The van der Waals surface area contributed by atoms with E-state index in [1.54, 1.807) is 0 Å². The van der Waals surface area contributed by atoms with Crippen molar-refractivity contribution in [1.82, 2.24) is 9.88 Å². The van der Waals surface area contributed by atoms with E-state index in [4.69, 9.17) is 0 Å². The molecule has 1 aromatic rings. The fraction of sp³-hybridized carbons (Fsp3) is 0.545. The lowest BCUT2D eigenvalue weighted by Crippen LogP contribution is -2.32. The minimum atomic E-state index is -0.516. The van der Waals surface area contributed by atoms with Crippen LogP contribution in [0.3, 0.4) is 0 Å². The van der Waals surface area contributed by atoms with E-state index in [2.05, 4.69) is 21.2 Å². The molecule has 6 nitrogen and oxygen atoms in total. The Morgan fingerprint density at radius 1 is 1.56 bits per heavy atom. The molecule has 0 radical (unpaired) electrons. The third kappa shape index (κ3) is 3.32. The fourth-order valence-corrected chi connectivity index (χ4v) is 1.59. The summed E-state index contributed by atoms with van der Waals surface area (Å²) in [5, 5.41) is 13.4. The topological polar surface area (TPSA) is 77.2 Å². The van der Waals surface area contributed by atoms with Gasteiger partial charge in [-0.15, -0.1) is 0 Å². The second kappa shape index (κ2) is 5.99. The van der Waals surface area contributed by atoms with Crippen molar-refractivity contribution < 1.29 is 9.72 Å². The fourth-order valence-electron chi connectivity index (χ4n) is 1.43. The lowest BCUT2D eigenvalue weighted by molar-refractivity contribution is -0.391. The molecule has 1 amide bonds. The number of halogens is 1. The maximum atomic E-state index is 11.9. The summed E-state index contributed by atoms with van der Waals surface area (Å²) in [4.78, 5) is 22.2. The molecular weight excluding hydrogens is 302 g/mol. The van der Waals surface area contributed by atoms with Crippen molar-refractivity contribution in [2.45, 2.75) is 18.7 Å². The summed E-state index contributed by atoms with van der Waals surface area (Å²) in [6.07, 6.45) is 0. The van der Waals surface area contributed by atoms with Crippen molar-refractivity contribution in [3.05, 3.63) is 27.9 Å². The molecule has 1 aromatic heterocycles. The van der Waals surface area contributed by atoms with Gasteiger partial charge in [0, 0.05) is 17.4 Å². The quantitative estimate of drug-likeness (QED) is 0.513. The zero-order chi connectivity index (χ0) is 13.9. The number of nitro groups is 1. The van der Waals surface area contributed by atoms with E-state index in [0.29, 0.717) is 12.5 Å². The summed E-state index contributed by atoms with van der Waals surface area (Å²) in [7, 11) is 1.50. The Morgan fingerprint density at radius 2 is 2.17 bits per heavy atom. The standard InChI is InChI=1S/C11H16BrN3O3/c1-7(2)8(12)6-13-11(16)9-4-5-10(14(9)3)15(17)18/h4-5,7-8H,6H2,1-3H3,(H,13,16). The molecule has 1 rings (SSSR count). The van der Waals surface area contributed by atoms with Gasteiger partial charge in [0.15, 0.2) is 5.69 Å². The minimum absolute atomic E-state index is 0.0978. The van der Waals surface area contributed by atoms with Gasteiger partial charge in [-0.1, -0.05) is 29.8 Å². The van der Waals surface area contributed by atoms with Crippen LogP contribution in [-0.4, -0.2) is 26.8 Å². The molecule has 0 spiro atoms. The lowest BCUT2D eigenvalue weighted by Gasteiger charge is -2.13. The number of hydrogen-bond donors (Lipinski definition) is 1. The van der Waals surface area contributed by atoms with Crippen LogP contribution in [0.5, 0.6) is 0 Å². The van der Waals surface area contributed by atoms with E-state index in [1.807, 2.05) is 13.8 Å². The van der Waals surface area contributed by atoms with E-state index in [0.717, 1.165) is 0 Å². The minimum Gasteiger partial charge on any atom is -0.358 e. The molecule has 1 N–H and O–H groups in total. The molecule has 0 fully saturated rings. The molecule has 1 atom stereocenters. The molecule has 0 aromatic carbocycles. The van der Waals surface area contributed by atoms with Gasteiger partial charge < -0.3 is 15.4 Å². The Hall–Kier alpha value is -1.37. The molecule has 0 bridgehead atoms. The summed E-state index contributed by atoms with van der Waals surface area (Å²) in [6.45, 7) is 4.56. The molecule has 0 aliphatic carbocycles. The van der Waals surface area contributed by atoms with Crippen LogP contribution in [0.2, 0.25) is 0 Å². The monoisotopic (exact) mass is 317 g/mol. The van der Waals surface area contributed by atoms with Gasteiger partial charge in [-0.2, -0.15) is 0 Å². The van der Waals surface area contributed by atoms with E-state index in [1.165, 1.54) is 23.7 Å². The summed E-state index contributed by atoms with van der Waals surface area (Å²) < 4.78 is 1.27. The Labute approximate surface area is 114 Å². The number of amides is 1. The smallest absolute Gasteiger partial charge is 0.323 e. The van der Waals surface area contributed by atoms with Crippen molar-refractivity contribution in [3.8, 4) is 0 Å². The predicted octanol–water partition coefficient (Wildman–Crippen LogP) is 2.08. The van der Waals surface area contributed by atoms with Gasteiger partial charge in [-0.3, -0.25) is 4.79 Å². The van der Waals surface area contributed by atoms with Crippen LogP contribution in [0, 0.1) is 16.0 Å². The number of aromatic nitrogens is 1. The number of nitrogens with zero attached hydrogens (tertiary/aromatic N) is 2. The van der Waals surface area contributed by atoms with E-state index >= 15 is 0 Å². The van der Waals surface area contributed by atoms with Crippen molar-refractivity contribution in [1.29, 1.82) is 0 Å². The van der Waals surface area contributed by atoms with Gasteiger partial charge in [0.1, 0.15) is 0 Å². The predicted molar refractivity (Wildman–Crippen MR) is 72.0 cm³/mol. The molecule has 1 heterocycles. The molecule has 1 unspecified atom stereocenters. The zero-order valence-electron chi connectivity index (χ0n) is 10.5. The summed E-state index contributed by atoms with van der Waals surface area (Å²) in [6, 6.07) is 2.77. The highest BCUT2D eigenvalue weighted by Gasteiger charge is 2.21. The normalized spacial score (nSPS) is 12.5. The van der Waals surface area contributed by atoms with Crippen LogP contribution in [0.4, 0.5) is 5.82 Å². The lowest BCUT2D eigenvalue weighted by atomic mass is 10.1. The number of alkyl halides is 1. The van der Waals surface area contributed by atoms with Crippen LogP contribution in [0.15, 0.2) is 12.1 Å². The van der Waals surface area contributed by atoms with Crippen molar-refractivity contribution in [3.63, 3.8) is 0 Å². The average Bonchev–Trinajstić information content (AvgIpc) is 2.67. The van der Waals surface area contributed by atoms with Gasteiger partial charge in [-0.05, 0) is 16.9 Å². The molecule has 18 heavy (non-hydrogen) atoms. The number of nitrogens with one attached hydrogen (secondary N) is 1. The summed E-state index contributed by atoms with van der Waals surface area (Å²) in [5.41, 5.74) is 0.283. The van der Waals surface area contributed by atoms with Gasteiger partial charge in [0.2, 0.25) is 0 Å². The third-order valence-electron chi connectivity index (χ3n) is 2.70. The van der Waals surface area contributed by atoms with E-state index in [-0.39, 0.29) is 22.2 Å². The van der Waals surface area contributed by atoms with Gasteiger partial charge >= 0.3 is 5.82 Å². The molecular formula is C11H16BrN3O3. The molecule has 0 aliphatic rings. The SMILES string of the molecule is CC(C)C(Br)CNC(=O)c1ccc([N+](=O)[O-])n1C. The summed E-state index contributed by atoms with van der Waals surface area (Å²) >= 11 is 3.46. The first kappa shape index (κ1) is 14.7. The van der Waals surface area contributed by atoms with Gasteiger partial charge in [0.25, 0.3) is 5.91 Å². The number of carbonyl (C=O) groups excluding carboxylic acids is 1. The first-order valence-corrected chi connectivity index (χ1v) is 6.48. The first-order valence-electron chi connectivity index (χ1n) is 5.57. The van der Waals surface area contributed by atoms with Crippen LogP contribution in [0.1, 0.15) is 24.3 Å². The third-order valence-corrected chi connectivity index (χ3v) is 4.08. The van der Waals surface area contributed by atoms with Crippen LogP contribution >= 0.6 is 15.9 Å². The first-order chi connectivity index (χ1) is 8.34. The highest BCUT2D eigenvalue weighted by molar-refractivity contribution is 9.09. The average molecular weight is 318 g/mol. The Morgan fingerprint density at radius 3 is 2.61 bits per heavy atom. The summed E-state index contributed by atoms with van der Waals surface area (Å²) in [5.74, 6) is -0.0110. The molecule has 0 saturated heterocycles. The van der Waals surface area contributed by atoms with Crippen LogP contribution in [0.25, 0.3) is 0 Å². The van der Waals surface area contributed by atoms with E-state index < -0.39 is 4.92 Å². The van der Waals surface area contributed by atoms with Crippen LogP contribution < -0.4 is 5.32 Å². The van der Waals surface area contributed by atoms with Gasteiger partial charge in [-0.25, -0.2) is 4.57 Å². The number of rotatable bonds is 5. The highest BCUT2D eigenvalue weighted by Crippen LogP contribution is 2.15. The number of hydrogen-bond acceptors (Lipinski definition) is 3. The maximum Gasteiger partial charge on any atom is 0.323 e. The van der Waals surface area contributed by atoms with Crippen molar-refractivity contribution in [2.75, 3.05) is 6.54 Å². The van der Waals surface area contributed by atoms with Crippen LogP contribution in [-0.2, 0) is 7.05 Å². The van der Waals surface area contributed by atoms with Crippen molar-refractivity contribution in [2.24, 2.45) is 13.0 Å². The molecule has 0 saturated carbocycles. The Bertz CT molecular complexity index is 456. The second-order valence-corrected chi connectivity index (χ2v) is 5.54. The van der Waals surface area contributed by atoms with Crippen molar-refractivity contribution >= 4 is 27.7 Å². The second-order valence-electron chi connectivity index (χ2n) is 4.36. The highest BCUT2D eigenvalue weighted by atomic mass is 79.9. The largest absolute Gasteiger partial charge is 0.358 e. The maximum absolute atomic E-state index is 11.9. The van der Waals surface area contributed by atoms with E-state index in [9.17, 15) is 14.9 Å². The zero-order valence-corrected chi connectivity index (χ0v) is 12.1. The molecule has 7 heteroatoms. The molecule has 100 valence electrons. The van der Waals surface area contributed by atoms with Gasteiger partial charge in [0.05, 0.1) is 7.05 Å². The molecule has 0 aliphatic heterocycles. The number of carbonyl (C=O) groups is 1. The Kier molecular flexibility index (Phi) is 4.89. The Balaban J connectivity index is 2.71.